The Morgan fingerprint density at radius 1 is 0.913 bits per heavy atom. The number of carbonyl (C=O) groups excluding carboxylic acids is 2. The summed E-state index contributed by atoms with van der Waals surface area (Å²) < 4.78 is 7.42. The maximum absolute atomic E-state index is 14.2. The van der Waals surface area contributed by atoms with Crippen LogP contribution < -0.4 is 0 Å². The monoisotopic (exact) mass is 624 g/mol. The first-order valence-corrected chi connectivity index (χ1v) is 14.2. The number of aromatic amines is 1. The third-order valence-corrected chi connectivity index (χ3v) is 8.58. The minimum atomic E-state index is -1.74. The van der Waals surface area contributed by atoms with Crippen molar-refractivity contribution in [2.45, 2.75) is 30.6 Å². The number of rotatable bonds is 4. The molecule has 0 aliphatic carbocycles. The highest BCUT2D eigenvalue weighted by molar-refractivity contribution is 6.39. The zero-order chi connectivity index (χ0) is 32.0. The maximum Gasteiger partial charge on any atom is 0.283 e. The zero-order valence-electron chi connectivity index (χ0n) is 23.5. The number of fused-ring (bicyclic) bond motifs is 10. The Labute approximate surface area is 256 Å². The van der Waals surface area contributed by atoms with Crippen molar-refractivity contribution >= 4 is 61.6 Å². The molecule has 232 valence electrons. The van der Waals surface area contributed by atoms with E-state index in [0.29, 0.717) is 32.9 Å². The number of hydrogen-bond donors (Lipinski definition) is 7. The summed E-state index contributed by atoms with van der Waals surface area (Å²) in [6, 6.07) is 8.77. The Kier molecular flexibility index (Phi) is 6.12. The van der Waals surface area contributed by atoms with Gasteiger partial charge in [-0.2, -0.15) is 10.1 Å². The molecule has 2 aliphatic heterocycles. The van der Waals surface area contributed by atoms with Gasteiger partial charge in [0, 0.05) is 46.1 Å². The number of aliphatic hydroxyl groups excluding tert-OH is 4. The number of nitrogens with zero attached hydrogens (tertiary/aromatic N) is 5. The van der Waals surface area contributed by atoms with E-state index in [2.05, 4.69) is 20.1 Å². The summed E-state index contributed by atoms with van der Waals surface area (Å²) in [5.74, 6) is -1.73. The van der Waals surface area contributed by atoms with Crippen molar-refractivity contribution in [1.82, 2.24) is 24.5 Å². The molecule has 3 aromatic carbocycles. The van der Waals surface area contributed by atoms with Crippen LogP contribution in [0, 0.1) is 0 Å². The van der Waals surface area contributed by atoms with Crippen molar-refractivity contribution in [3.63, 3.8) is 0 Å². The van der Waals surface area contributed by atoms with Gasteiger partial charge in [0.15, 0.2) is 6.23 Å². The largest absolute Gasteiger partial charge is 0.508 e. The number of phenols is 2. The van der Waals surface area contributed by atoms with Crippen LogP contribution in [0.3, 0.4) is 0 Å². The number of amides is 2. The molecule has 1 saturated heterocycles. The predicted octanol–water partition coefficient (Wildman–Crippen LogP) is 1.23. The molecule has 15 heteroatoms. The van der Waals surface area contributed by atoms with E-state index < -0.39 is 49.1 Å². The van der Waals surface area contributed by atoms with Gasteiger partial charge in [-0.25, -0.2) is 0 Å². The molecule has 15 nitrogen and oxygen atoms in total. The van der Waals surface area contributed by atoms with Crippen molar-refractivity contribution in [1.29, 1.82) is 0 Å². The van der Waals surface area contributed by atoms with Gasteiger partial charge in [0.25, 0.3) is 11.8 Å². The molecule has 6 aromatic rings. The molecule has 1 fully saturated rings. The Balaban J connectivity index is 1.50. The lowest BCUT2D eigenvalue weighted by atomic mass is 9.96. The Bertz CT molecular complexity index is 2280. The third kappa shape index (κ3) is 3.80. The number of hydrogen-bond acceptors (Lipinski definition) is 12. The smallest absolute Gasteiger partial charge is 0.283 e. The number of aromatic nitrogens is 4. The third-order valence-electron chi connectivity index (χ3n) is 8.58. The molecule has 0 radical (unpaired) electrons. The number of imide groups is 1. The van der Waals surface area contributed by atoms with Gasteiger partial charge >= 0.3 is 0 Å². The molecule has 2 amide bonds. The SMILES string of the molecule is O=C1c2c(c3c4ccc(O)cc4n([C@@H]4O[C@H](CO)[C@@H](O)[C@H](O)[C@H]4O)c3c3[nH]c4cc(O)ccc4c23)C(=O)N1/N=C/c1cnccn1. The van der Waals surface area contributed by atoms with Gasteiger partial charge in [0.2, 0.25) is 0 Å². The summed E-state index contributed by atoms with van der Waals surface area (Å²) in [5, 5.41) is 69.5. The Hall–Kier alpha value is -5.45. The first kappa shape index (κ1) is 28.1. The average Bonchev–Trinajstić information content (AvgIpc) is 3.66. The first-order chi connectivity index (χ1) is 22.2. The number of aliphatic hydroxyl groups is 4. The van der Waals surface area contributed by atoms with Gasteiger partial charge in [0.05, 0.1) is 52.2 Å². The Morgan fingerprint density at radius 3 is 2.35 bits per heavy atom. The number of nitrogens with one attached hydrogen (secondary N) is 1. The van der Waals surface area contributed by atoms with Crippen molar-refractivity contribution in [2.24, 2.45) is 5.10 Å². The minimum absolute atomic E-state index is 0.0169. The van der Waals surface area contributed by atoms with Crippen LogP contribution in [0.1, 0.15) is 32.6 Å². The molecule has 7 N–H and O–H groups in total. The summed E-state index contributed by atoms with van der Waals surface area (Å²) in [7, 11) is 0. The standard InChI is InChI=1S/C31H24N6O9/c38-11-19-26(41)27(42)28(43)31(46-19)36-18-8-14(40)2-4-16(18)21-23-22(20-15-3-1-13(39)7-17(15)35-24(20)25(21)36)29(44)37(30(23)45)34-10-12-9-32-5-6-33-12/h1-10,19,26-28,31,35,38-43H,11H2/b34-10+/t19-,26-,27+,28-,31-/m1/s1. The van der Waals surface area contributed by atoms with Gasteiger partial charge in [-0.1, -0.05) is 0 Å². The Morgan fingerprint density at radius 2 is 1.63 bits per heavy atom. The highest BCUT2D eigenvalue weighted by Crippen LogP contribution is 2.48. The topological polar surface area (TPSA) is 227 Å². The number of carbonyl (C=O) groups is 2. The van der Waals surface area contributed by atoms with Gasteiger partial charge in [0.1, 0.15) is 41.6 Å². The van der Waals surface area contributed by atoms with Gasteiger partial charge in [-0.05, 0) is 24.3 Å². The van der Waals surface area contributed by atoms with Crippen LogP contribution in [0.25, 0.3) is 43.6 Å². The molecule has 0 unspecified atom stereocenters. The van der Waals surface area contributed by atoms with Crippen molar-refractivity contribution in [3.8, 4) is 11.5 Å². The number of H-pyrrole nitrogens is 1. The van der Waals surface area contributed by atoms with E-state index in [-0.39, 0.29) is 39.0 Å². The fourth-order valence-corrected chi connectivity index (χ4v) is 6.56. The second-order valence-electron chi connectivity index (χ2n) is 11.2. The van der Waals surface area contributed by atoms with E-state index in [4.69, 9.17) is 4.74 Å². The predicted molar refractivity (Wildman–Crippen MR) is 161 cm³/mol. The summed E-state index contributed by atoms with van der Waals surface area (Å²) >= 11 is 0. The summed E-state index contributed by atoms with van der Waals surface area (Å²) in [5.41, 5.74) is 1.53. The number of ether oxygens (including phenoxy) is 1. The van der Waals surface area contributed by atoms with Crippen LogP contribution in [0.2, 0.25) is 0 Å². The van der Waals surface area contributed by atoms with Crippen molar-refractivity contribution < 1.29 is 45.0 Å². The zero-order valence-corrected chi connectivity index (χ0v) is 23.5. The normalized spacial score (nSPS) is 23.6. The van der Waals surface area contributed by atoms with E-state index in [1.165, 1.54) is 59.7 Å². The van der Waals surface area contributed by atoms with E-state index in [9.17, 15) is 40.2 Å². The molecular formula is C31H24N6O9. The van der Waals surface area contributed by atoms with Crippen molar-refractivity contribution in [2.75, 3.05) is 6.61 Å². The highest BCUT2D eigenvalue weighted by Gasteiger charge is 2.47. The van der Waals surface area contributed by atoms with Gasteiger partial charge in [-0.3, -0.25) is 19.6 Å². The lowest BCUT2D eigenvalue weighted by Crippen LogP contribution is -2.56. The fourth-order valence-electron chi connectivity index (χ4n) is 6.56. The molecule has 3 aromatic heterocycles. The molecule has 0 saturated carbocycles. The van der Waals surface area contributed by atoms with Gasteiger partial charge in [-0.15, -0.1) is 0 Å². The fraction of sp³-hybridized carbons (Fsp3) is 0.194. The number of aromatic hydroxyl groups is 2. The lowest BCUT2D eigenvalue weighted by Gasteiger charge is -2.41. The molecule has 5 heterocycles. The van der Waals surface area contributed by atoms with Crippen LogP contribution in [-0.4, -0.2) is 104 Å². The second-order valence-corrected chi connectivity index (χ2v) is 11.2. The molecular weight excluding hydrogens is 600 g/mol. The second kappa shape index (κ2) is 10.0. The van der Waals surface area contributed by atoms with E-state index in [0.717, 1.165) is 5.01 Å². The van der Waals surface area contributed by atoms with Gasteiger partial charge < -0.3 is 44.9 Å². The first-order valence-electron chi connectivity index (χ1n) is 14.2. The van der Waals surface area contributed by atoms with E-state index >= 15 is 0 Å². The summed E-state index contributed by atoms with van der Waals surface area (Å²) in [6.07, 6.45) is -2.30. The average molecular weight is 625 g/mol. The number of hydrazone groups is 1. The maximum atomic E-state index is 14.2. The summed E-state index contributed by atoms with van der Waals surface area (Å²) in [6.45, 7) is -0.688. The van der Waals surface area contributed by atoms with Crippen LogP contribution >= 0.6 is 0 Å². The minimum Gasteiger partial charge on any atom is -0.508 e. The number of benzene rings is 3. The highest BCUT2D eigenvalue weighted by atomic mass is 16.6. The molecule has 0 spiro atoms. The van der Waals surface area contributed by atoms with Crippen LogP contribution in [0.4, 0.5) is 0 Å². The molecule has 2 aliphatic rings. The van der Waals surface area contributed by atoms with Crippen LogP contribution in [0.15, 0.2) is 60.1 Å². The molecule has 0 bridgehead atoms. The molecule has 8 rings (SSSR count). The van der Waals surface area contributed by atoms with Crippen LogP contribution in [0.5, 0.6) is 11.5 Å². The molecule has 5 atom stereocenters. The van der Waals surface area contributed by atoms with E-state index in [1.807, 2.05) is 0 Å². The lowest BCUT2D eigenvalue weighted by molar-refractivity contribution is -0.249. The number of phenolic OH excluding ortho intramolecular Hbond substituents is 2. The molecule has 46 heavy (non-hydrogen) atoms. The van der Waals surface area contributed by atoms with E-state index in [1.54, 1.807) is 6.07 Å². The summed E-state index contributed by atoms with van der Waals surface area (Å²) in [4.78, 5) is 39.6. The van der Waals surface area contributed by atoms with Crippen molar-refractivity contribution in [3.05, 3.63) is 71.8 Å². The van der Waals surface area contributed by atoms with Crippen LogP contribution in [-0.2, 0) is 4.74 Å². The quantitative estimate of drug-likeness (QED) is 0.109.